The van der Waals surface area contributed by atoms with Crippen molar-refractivity contribution >= 4 is 34.5 Å². The van der Waals surface area contributed by atoms with E-state index in [0.717, 1.165) is 15.3 Å². The summed E-state index contributed by atoms with van der Waals surface area (Å²) in [5.74, 6) is -0.0918. The Morgan fingerprint density at radius 2 is 1.56 bits per heavy atom. The summed E-state index contributed by atoms with van der Waals surface area (Å²) < 4.78 is 0. The van der Waals surface area contributed by atoms with E-state index in [1.54, 1.807) is 28.7 Å². The molecular formula is C21H22N2O2S2. The van der Waals surface area contributed by atoms with Crippen molar-refractivity contribution in [3.05, 3.63) is 80.2 Å². The standard InChI is InChI=1S/C21H22N2O2S2/c1-16-6-2-3-9-19(16)21(25)22-11-10-20(24)23(14-17-7-4-12-26-17)15-18-8-5-13-27-18/h2-9,12-13H,10-11,14-15H2,1H3,(H,22,25). The molecule has 2 amide bonds. The van der Waals surface area contributed by atoms with Gasteiger partial charge in [0.1, 0.15) is 0 Å². The number of hydrogen-bond acceptors (Lipinski definition) is 4. The van der Waals surface area contributed by atoms with Crippen LogP contribution in [0.25, 0.3) is 0 Å². The lowest BCUT2D eigenvalue weighted by atomic mass is 10.1. The molecule has 2 aromatic heterocycles. The average Bonchev–Trinajstić information content (AvgIpc) is 3.35. The maximum absolute atomic E-state index is 12.8. The minimum Gasteiger partial charge on any atom is -0.352 e. The summed E-state index contributed by atoms with van der Waals surface area (Å²) in [5, 5.41) is 6.90. The van der Waals surface area contributed by atoms with E-state index in [-0.39, 0.29) is 18.2 Å². The second-order valence-electron chi connectivity index (χ2n) is 6.23. The molecule has 0 spiro atoms. The van der Waals surface area contributed by atoms with Crippen molar-refractivity contribution in [2.24, 2.45) is 0 Å². The van der Waals surface area contributed by atoms with E-state index in [1.807, 2.05) is 65.0 Å². The largest absolute Gasteiger partial charge is 0.352 e. The van der Waals surface area contributed by atoms with Gasteiger partial charge in [-0.1, -0.05) is 30.3 Å². The fraction of sp³-hybridized carbons (Fsp3) is 0.238. The molecule has 0 unspecified atom stereocenters. The highest BCUT2D eigenvalue weighted by molar-refractivity contribution is 7.10. The maximum atomic E-state index is 12.8. The van der Waals surface area contributed by atoms with Gasteiger partial charge in [-0.2, -0.15) is 0 Å². The summed E-state index contributed by atoms with van der Waals surface area (Å²) in [5.41, 5.74) is 1.58. The van der Waals surface area contributed by atoms with Gasteiger partial charge in [-0.05, 0) is 41.4 Å². The highest BCUT2D eigenvalue weighted by Crippen LogP contribution is 2.18. The Morgan fingerprint density at radius 1 is 0.926 bits per heavy atom. The lowest BCUT2D eigenvalue weighted by Gasteiger charge is -2.22. The molecule has 0 aliphatic rings. The van der Waals surface area contributed by atoms with E-state index in [4.69, 9.17) is 0 Å². The lowest BCUT2D eigenvalue weighted by molar-refractivity contribution is -0.132. The van der Waals surface area contributed by atoms with Crippen molar-refractivity contribution in [3.63, 3.8) is 0 Å². The van der Waals surface area contributed by atoms with Crippen LogP contribution in [0.2, 0.25) is 0 Å². The molecule has 2 heterocycles. The molecule has 0 saturated carbocycles. The Kier molecular flexibility index (Phi) is 6.79. The van der Waals surface area contributed by atoms with Gasteiger partial charge < -0.3 is 10.2 Å². The van der Waals surface area contributed by atoms with Gasteiger partial charge in [-0.3, -0.25) is 9.59 Å². The summed E-state index contributed by atoms with van der Waals surface area (Å²) in [7, 11) is 0. The number of aryl methyl sites for hydroxylation is 1. The summed E-state index contributed by atoms with van der Waals surface area (Å²) >= 11 is 3.30. The van der Waals surface area contributed by atoms with Crippen molar-refractivity contribution in [3.8, 4) is 0 Å². The SMILES string of the molecule is Cc1ccccc1C(=O)NCCC(=O)N(Cc1cccs1)Cc1cccs1. The number of nitrogens with zero attached hydrogens (tertiary/aromatic N) is 1. The van der Waals surface area contributed by atoms with Gasteiger partial charge in [0.2, 0.25) is 5.91 Å². The normalized spacial score (nSPS) is 10.6. The van der Waals surface area contributed by atoms with Gasteiger partial charge in [-0.15, -0.1) is 22.7 Å². The molecule has 27 heavy (non-hydrogen) atoms. The number of amides is 2. The van der Waals surface area contributed by atoms with E-state index < -0.39 is 0 Å². The predicted octanol–water partition coefficient (Wildman–Crippen LogP) is 4.47. The van der Waals surface area contributed by atoms with Crippen LogP contribution in [0, 0.1) is 6.92 Å². The van der Waals surface area contributed by atoms with Crippen LogP contribution in [-0.4, -0.2) is 23.3 Å². The van der Waals surface area contributed by atoms with Crippen molar-refractivity contribution in [2.75, 3.05) is 6.54 Å². The van der Waals surface area contributed by atoms with Crippen molar-refractivity contribution in [1.29, 1.82) is 0 Å². The molecule has 0 fully saturated rings. The Hall–Kier alpha value is -2.44. The van der Waals surface area contributed by atoms with Crippen LogP contribution in [0.15, 0.2) is 59.3 Å². The molecular weight excluding hydrogens is 376 g/mol. The fourth-order valence-electron chi connectivity index (χ4n) is 2.78. The number of hydrogen-bond donors (Lipinski definition) is 1. The molecule has 6 heteroatoms. The summed E-state index contributed by atoms with van der Waals surface area (Å²) in [6.07, 6.45) is 0.286. The van der Waals surface area contributed by atoms with E-state index in [1.165, 1.54) is 0 Å². The first-order valence-electron chi connectivity index (χ1n) is 8.80. The molecule has 0 bridgehead atoms. The number of carbonyl (C=O) groups excluding carboxylic acids is 2. The summed E-state index contributed by atoms with van der Waals surface area (Å²) in [6, 6.07) is 15.5. The zero-order chi connectivity index (χ0) is 19.1. The monoisotopic (exact) mass is 398 g/mol. The molecule has 140 valence electrons. The molecule has 4 nitrogen and oxygen atoms in total. The minimum absolute atomic E-state index is 0.0434. The average molecular weight is 399 g/mol. The van der Waals surface area contributed by atoms with Crippen molar-refractivity contribution in [1.82, 2.24) is 10.2 Å². The number of thiophene rings is 2. The van der Waals surface area contributed by atoms with Gasteiger partial charge in [0.05, 0.1) is 13.1 Å². The lowest BCUT2D eigenvalue weighted by Crippen LogP contribution is -2.33. The van der Waals surface area contributed by atoms with Crippen LogP contribution in [0.3, 0.4) is 0 Å². The molecule has 3 rings (SSSR count). The van der Waals surface area contributed by atoms with Crippen LogP contribution in [0.4, 0.5) is 0 Å². The van der Waals surface area contributed by atoms with Crippen molar-refractivity contribution < 1.29 is 9.59 Å². The molecule has 0 saturated heterocycles. The fourth-order valence-corrected chi connectivity index (χ4v) is 4.22. The van der Waals surface area contributed by atoms with E-state index in [9.17, 15) is 9.59 Å². The van der Waals surface area contributed by atoms with Gasteiger partial charge >= 0.3 is 0 Å². The Bertz CT molecular complexity index is 837. The van der Waals surface area contributed by atoms with E-state index >= 15 is 0 Å². The summed E-state index contributed by atoms with van der Waals surface area (Å²) in [4.78, 5) is 29.2. The van der Waals surface area contributed by atoms with Gasteiger partial charge in [0.15, 0.2) is 0 Å². The number of carbonyl (C=O) groups is 2. The van der Waals surface area contributed by atoms with Gasteiger partial charge in [0, 0.05) is 28.3 Å². The summed E-state index contributed by atoms with van der Waals surface area (Å²) in [6.45, 7) is 3.43. The molecule has 0 aliphatic heterocycles. The van der Waals surface area contributed by atoms with Gasteiger partial charge in [-0.25, -0.2) is 0 Å². The second kappa shape index (κ2) is 9.48. The predicted molar refractivity (Wildman–Crippen MR) is 111 cm³/mol. The molecule has 0 radical (unpaired) electrons. The van der Waals surface area contributed by atoms with Crippen LogP contribution in [0.5, 0.6) is 0 Å². The number of benzene rings is 1. The highest BCUT2D eigenvalue weighted by atomic mass is 32.1. The Labute approximate surface area is 167 Å². The number of nitrogens with one attached hydrogen (secondary N) is 1. The van der Waals surface area contributed by atoms with Crippen LogP contribution >= 0.6 is 22.7 Å². The third-order valence-electron chi connectivity index (χ3n) is 4.22. The maximum Gasteiger partial charge on any atom is 0.251 e. The van der Waals surface area contributed by atoms with Crippen LogP contribution in [-0.2, 0) is 17.9 Å². The molecule has 0 atom stereocenters. The zero-order valence-corrected chi connectivity index (χ0v) is 16.8. The van der Waals surface area contributed by atoms with Crippen molar-refractivity contribution in [2.45, 2.75) is 26.4 Å². The smallest absolute Gasteiger partial charge is 0.251 e. The zero-order valence-electron chi connectivity index (χ0n) is 15.2. The van der Waals surface area contributed by atoms with Crippen LogP contribution in [0.1, 0.15) is 32.1 Å². The third-order valence-corrected chi connectivity index (χ3v) is 5.94. The number of rotatable bonds is 8. The minimum atomic E-state index is -0.135. The van der Waals surface area contributed by atoms with E-state index in [2.05, 4.69) is 5.32 Å². The molecule has 0 aliphatic carbocycles. The first-order valence-corrected chi connectivity index (χ1v) is 10.6. The van der Waals surface area contributed by atoms with Crippen LogP contribution < -0.4 is 5.32 Å². The Morgan fingerprint density at radius 3 is 2.11 bits per heavy atom. The third kappa shape index (κ3) is 5.52. The first kappa shape index (κ1) is 19.3. The molecule has 1 aromatic carbocycles. The topological polar surface area (TPSA) is 49.4 Å². The van der Waals surface area contributed by atoms with Gasteiger partial charge in [0.25, 0.3) is 5.91 Å². The molecule has 1 N–H and O–H groups in total. The quantitative estimate of drug-likeness (QED) is 0.609. The first-order chi connectivity index (χ1) is 13.1. The highest BCUT2D eigenvalue weighted by Gasteiger charge is 2.16. The Balaban J connectivity index is 1.57. The molecule has 3 aromatic rings. The van der Waals surface area contributed by atoms with E-state index in [0.29, 0.717) is 25.2 Å². The second-order valence-corrected chi connectivity index (χ2v) is 8.29.